The average Bonchev–Trinajstić information content (AvgIpc) is 2.49. The minimum Gasteiger partial charge on any atom is -0.483 e. The van der Waals surface area contributed by atoms with Crippen molar-refractivity contribution in [1.29, 1.82) is 0 Å². The van der Waals surface area contributed by atoms with Gasteiger partial charge in [-0.05, 0) is 55.7 Å². The predicted octanol–water partition coefficient (Wildman–Crippen LogP) is 4.65. The molecule has 0 spiro atoms. The Kier molecular flexibility index (Phi) is 5.17. The smallest absolute Gasteiger partial charge is 0.418 e. The molecule has 0 bridgehead atoms. The lowest BCUT2D eigenvalue weighted by molar-refractivity contribution is -0.137. The van der Waals surface area contributed by atoms with E-state index in [0.717, 1.165) is 22.8 Å². The molecule has 0 aliphatic carbocycles. The normalized spacial score (nSPS) is 11.2. The molecule has 2 aromatic rings. The van der Waals surface area contributed by atoms with Gasteiger partial charge in [0.15, 0.2) is 6.61 Å². The van der Waals surface area contributed by atoms with Crippen LogP contribution in [0.1, 0.15) is 22.3 Å². The Hall–Kier alpha value is -2.50. The summed E-state index contributed by atoms with van der Waals surface area (Å²) in [5.41, 5.74) is 1.73. The second kappa shape index (κ2) is 6.95. The summed E-state index contributed by atoms with van der Waals surface area (Å²) in [7, 11) is 0. The van der Waals surface area contributed by atoms with Gasteiger partial charge < -0.3 is 10.1 Å². The van der Waals surface area contributed by atoms with Gasteiger partial charge in [-0.1, -0.05) is 18.2 Å². The fourth-order valence-corrected chi connectivity index (χ4v) is 2.32. The van der Waals surface area contributed by atoms with Crippen LogP contribution in [-0.2, 0) is 11.0 Å². The van der Waals surface area contributed by atoms with Gasteiger partial charge in [0.1, 0.15) is 5.75 Å². The highest BCUT2D eigenvalue weighted by Gasteiger charge is 2.33. The zero-order chi connectivity index (χ0) is 17.9. The fraction of sp³-hybridized carbons (Fsp3) is 0.278. The van der Waals surface area contributed by atoms with E-state index < -0.39 is 17.6 Å². The van der Waals surface area contributed by atoms with E-state index in [0.29, 0.717) is 5.75 Å². The Morgan fingerprint density at radius 1 is 1.12 bits per heavy atom. The summed E-state index contributed by atoms with van der Waals surface area (Å²) in [6, 6.07) is 8.61. The molecule has 24 heavy (non-hydrogen) atoms. The number of carbonyl (C=O) groups excluding carboxylic acids is 1. The van der Waals surface area contributed by atoms with E-state index >= 15 is 0 Å². The van der Waals surface area contributed by atoms with Crippen molar-refractivity contribution in [3.05, 3.63) is 58.7 Å². The van der Waals surface area contributed by atoms with Gasteiger partial charge in [-0.25, -0.2) is 0 Å². The third-order valence-corrected chi connectivity index (χ3v) is 3.63. The molecule has 0 unspecified atom stereocenters. The van der Waals surface area contributed by atoms with E-state index in [4.69, 9.17) is 4.74 Å². The highest BCUT2D eigenvalue weighted by atomic mass is 19.4. The molecule has 1 amide bonds. The zero-order valence-electron chi connectivity index (χ0n) is 13.6. The first-order valence-electron chi connectivity index (χ1n) is 7.35. The SMILES string of the molecule is Cc1cc(C)c(C)c(OCC(=O)Nc2ccccc2C(F)(F)F)c1. The molecule has 0 fully saturated rings. The third kappa shape index (κ3) is 4.28. The Labute approximate surface area is 138 Å². The van der Waals surface area contributed by atoms with E-state index in [-0.39, 0.29) is 12.3 Å². The molecular formula is C18H18F3NO2. The van der Waals surface area contributed by atoms with Gasteiger partial charge >= 0.3 is 6.18 Å². The number of alkyl halides is 3. The van der Waals surface area contributed by atoms with Gasteiger partial charge in [-0.15, -0.1) is 0 Å². The number of hydrogen-bond acceptors (Lipinski definition) is 2. The summed E-state index contributed by atoms with van der Waals surface area (Å²) < 4.78 is 44.2. The largest absolute Gasteiger partial charge is 0.483 e. The molecule has 0 saturated heterocycles. The van der Waals surface area contributed by atoms with E-state index in [2.05, 4.69) is 5.32 Å². The van der Waals surface area contributed by atoms with Crippen molar-refractivity contribution in [2.24, 2.45) is 0 Å². The van der Waals surface area contributed by atoms with Crippen molar-refractivity contribution in [2.45, 2.75) is 26.9 Å². The molecule has 6 heteroatoms. The molecule has 0 saturated carbocycles. The molecule has 0 atom stereocenters. The van der Waals surface area contributed by atoms with Crippen molar-refractivity contribution < 1.29 is 22.7 Å². The number of aryl methyl sites for hydroxylation is 2. The monoisotopic (exact) mass is 337 g/mol. The van der Waals surface area contributed by atoms with Crippen LogP contribution < -0.4 is 10.1 Å². The first-order chi connectivity index (χ1) is 11.2. The van der Waals surface area contributed by atoms with Crippen molar-refractivity contribution >= 4 is 11.6 Å². The molecule has 2 rings (SSSR count). The van der Waals surface area contributed by atoms with Crippen LogP contribution in [0.15, 0.2) is 36.4 Å². The molecule has 0 heterocycles. The van der Waals surface area contributed by atoms with Crippen molar-refractivity contribution in [2.75, 3.05) is 11.9 Å². The zero-order valence-corrected chi connectivity index (χ0v) is 13.6. The van der Waals surface area contributed by atoms with Crippen LogP contribution in [0.3, 0.4) is 0 Å². The molecular weight excluding hydrogens is 319 g/mol. The summed E-state index contributed by atoms with van der Waals surface area (Å²) in [5.74, 6) is -0.1000. The Balaban J connectivity index is 2.08. The third-order valence-electron chi connectivity index (χ3n) is 3.63. The molecule has 0 aliphatic rings. The van der Waals surface area contributed by atoms with Crippen molar-refractivity contribution in [3.8, 4) is 5.75 Å². The maximum absolute atomic E-state index is 12.9. The van der Waals surface area contributed by atoms with E-state index in [1.165, 1.54) is 18.2 Å². The highest BCUT2D eigenvalue weighted by Crippen LogP contribution is 2.34. The standard InChI is InChI=1S/C18H18F3NO2/c1-11-8-12(2)13(3)16(9-11)24-10-17(23)22-15-7-5-4-6-14(15)18(19,20)21/h4-9H,10H2,1-3H3,(H,22,23). The molecule has 3 nitrogen and oxygen atoms in total. The van der Waals surface area contributed by atoms with Crippen LogP contribution >= 0.6 is 0 Å². The first-order valence-corrected chi connectivity index (χ1v) is 7.35. The van der Waals surface area contributed by atoms with E-state index in [1.807, 2.05) is 26.8 Å². The summed E-state index contributed by atoms with van der Waals surface area (Å²) in [4.78, 5) is 11.9. The number of nitrogens with one attached hydrogen (secondary N) is 1. The lowest BCUT2D eigenvalue weighted by atomic mass is 10.1. The van der Waals surface area contributed by atoms with Crippen LogP contribution in [0.25, 0.3) is 0 Å². The van der Waals surface area contributed by atoms with Crippen molar-refractivity contribution in [3.63, 3.8) is 0 Å². The minimum absolute atomic E-state index is 0.282. The number of anilines is 1. The molecule has 2 aromatic carbocycles. The highest BCUT2D eigenvalue weighted by molar-refractivity contribution is 5.92. The van der Waals surface area contributed by atoms with Crippen LogP contribution in [0.2, 0.25) is 0 Å². The molecule has 0 aromatic heterocycles. The maximum atomic E-state index is 12.9. The number of benzene rings is 2. The summed E-state index contributed by atoms with van der Waals surface area (Å²) >= 11 is 0. The second-order valence-corrected chi connectivity index (χ2v) is 5.59. The fourth-order valence-electron chi connectivity index (χ4n) is 2.32. The van der Waals surface area contributed by atoms with Crippen molar-refractivity contribution in [1.82, 2.24) is 0 Å². The Morgan fingerprint density at radius 3 is 2.46 bits per heavy atom. The number of ether oxygens (including phenoxy) is 1. The van der Waals surface area contributed by atoms with Crippen LogP contribution in [-0.4, -0.2) is 12.5 Å². The van der Waals surface area contributed by atoms with Crippen LogP contribution in [0.4, 0.5) is 18.9 Å². The van der Waals surface area contributed by atoms with Gasteiger partial charge in [-0.3, -0.25) is 4.79 Å². The summed E-state index contributed by atoms with van der Waals surface area (Å²) in [5, 5.41) is 2.25. The molecule has 1 N–H and O–H groups in total. The lowest BCUT2D eigenvalue weighted by Crippen LogP contribution is -2.22. The number of hydrogen-bond donors (Lipinski definition) is 1. The topological polar surface area (TPSA) is 38.3 Å². The number of carbonyl (C=O) groups is 1. The molecule has 0 aliphatic heterocycles. The van der Waals surface area contributed by atoms with Gasteiger partial charge in [0.2, 0.25) is 0 Å². The van der Waals surface area contributed by atoms with Gasteiger partial charge in [-0.2, -0.15) is 13.2 Å². The lowest BCUT2D eigenvalue weighted by Gasteiger charge is -2.15. The maximum Gasteiger partial charge on any atom is 0.418 e. The Bertz CT molecular complexity index is 754. The van der Waals surface area contributed by atoms with Gasteiger partial charge in [0.05, 0.1) is 11.3 Å². The number of para-hydroxylation sites is 1. The quantitative estimate of drug-likeness (QED) is 0.882. The number of halogens is 3. The predicted molar refractivity (Wildman–Crippen MR) is 86.2 cm³/mol. The summed E-state index contributed by atoms with van der Waals surface area (Å²) in [6.07, 6.45) is -4.53. The van der Waals surface area contributed by atoms with Gasteiger partial charge in [0.25, 0.3) is 5.91 Å². The molecule has 0 radical (unpaired) electrons. The van der Waals surface area contributed by atoms with Gasteiger partial charge in [0, 0.05) is 0 Å². The number of rotatable bonds is 4. The first kappa shape index (κ1) is 17.8. The number of amides is 1. The minimum atomic E-state index is -4.53. The van der Waals surface area contributed by atoms with Crippen LogP contribution in [0.5, 0.6) is 5.75 Å². The van der Waals surface area contributed by atoms with E-state index in [9.17, 15) is 18.0 Å². The Morgan fingerprint density at radius 2 is 1.79 bits per heavy atom. The van der Waals surface area contributed by atoms with Crippen LogP contribution in [0, 0.1) is 20.8 Å². The second-order valence-electron chi connectivity index (χ2n) is 5.59. The molecule has 128 valence electrons. The van der Waals surface area contributed by atoms with E-state index in [1.54, 1.807) is 6.07 Å². The summed E-state index contributed by atoms with van der Waals surface area (Å²) in [6.45, 7) is 5.32. The average molecular weight is 337 g/mol.